The maximum atomic E-state index is 12.4. The molecule has 1 aromatic carbocycles. The van der Waals surface area contributed by atoms with Crippen molar-refractivity contribution in [1.82, 2.24) is 9.78 Å². The Labute approximate surface area is 135 Å². The van der Waals surface area contributed by atoms with Crippen molar-refractivity contribution in [2.75, 3.05) is 10.5 Å². The summed E-state index contributed by atoms with van der Waals surface area (Å²) in [6.45, 7) is 1.64. The fourth-order valence-corrected chi connectivity index (χ4v) is 4.31. The third kappa shape index (κ3) is 2.86. The zero-order valence-electron chi connectivity index (χ0n) is 10.7. The normalized spacial score (nSPS) is 11.6. The highest BCUT2D eigenvalue weighted by Crippen LogP contribution is 2.27. The van der Waals surface area contributed by atoms with Crippen molar-refractivity contribution >= 4 is 55.7 Å². The van der Waals surface area contributed by atoms with Gasteiger partial charge in [-0.2, -0.15) is 5.10 Å². The molecule has 9 heteroatoms. The van der Waals surface area contributed by atoms with Crippen molar-refractivity contribution < 1.29 is 8.42 Å². The summed E-state index contributed by atoms with van der Waals surface area (Å²) in [5, 5.41) is 4.44. The van der Waals surface area contributed by atoms with Gasteiger partial charge < -0.3 is 5.73 Å². The Hall–Kier alpha value is -1.00. The molecule has 0 aliphatic carbocycles. The number of anilines is 2. The van der Waals surface area contributed by atoms with Crippen LogP contribution in [0.25, 0.3) is 0 Å². The number of rotatable bonds is 3. The summed E-state index contributed by atoms with van der Waals surface area (Å²) < 4.78 is 29.4. The largest absolute Gasteiger partial charge is 0.381 e. The molecular weight excluding hydrogens is 415 g/mol. The number of nitrogen functional groups attached to an aromatic ring is 1. The van der Waals surface area contributed by atoms with Crippen LogP contribution in [0.5, 0.6) is 0 Å². The van der Waals surface area contributed by atoms with Crippen molar-refractivity contribution in [1.29, 1.82) is 0 Å². The first-order valence-electron chi connectivity index (χ1n) is 5.49. The van der Waals surface area contributed by atoms with Crippen LogP contribution in [0.3, 0.4) is 0 Å². The van der Waals surface area contributed by atoms with E-state index in [1.807, 2.05) is 22.6 Å². The number of halogens is 2. The van der Waals surface area contributed by atoms with Crippen LogP contribution in [0.1, 0.15) is 5.69 Å². The average Bonchev–Trinajstić information content (AvgIpc) is 2.57. The van der Waals surface area contributed by atoms with Crippen molar-refractivity contribution in [3.05, 3.63) is 32.5 Å². The van der Waals surface area contributed by atoms with Gasteiger partial charge in [0.2, 0.25) is 0 Å². The smallest absolute Gasteiger partial charge is 0.267 e. The quantitative estimate of drug-likeness (QED) is 0.737. The molecule has 2 aromatic rings. The number of aryl methyl sites for hydroxylation is 1. The first kappa shape index (κ1) is 15.4. The summed E-state index contributed by atoms with van der Waals surface area (Å²) in [4.78, 5) is -0.00856. The van der Waals surface area contributed by atoms with Gasteiger partial charge in [0.15, 0.2) is 10.7 Å². The van der Waals surface area contributed by atoms with Gasteiger partial charge in [0.05, 0.1) is 11.4 Å². The lowest BCUT2D eigenvalue weighted by Crippen LogP contribution is -2.16. The average molecular weight is 427 g/mol. The molecule has 1 heterocycles. The molecule has 3 N–H and O–H groups in total. The minimum Gasteiger partial charge on any atom is -0.381 e. The Morgan fingerprint density at radius 2 is 2.10 bits per heavy atom. The SMILES string of the molecule is Cc1c(S(=O)(=O)Nc2ccc(Cl)cc2I)c(N)nn1C. The summed E-state index contributed by atoms with van der Waals surface area (Å²) >= 11 is 7.85. The molecule has 0 saturated heterocycles. The number of hydrogen-bond acceptors (Lipinski definition) is 4. The molecule has 0 spiro atoms. The van der Waals surface area contributed by atoms with Crippen LogP contribution in [0.4, 0.5) is 11.5 Å². The molecule has 0 radical (unpaired) electrons. The second-order valence-electron chi connectivity index (χ2n) is 4.15. The fourth-order valence-electron chi connectivity index (χ4n) is 1.71. The van der Waals surface area contributed by atoms with Gasteiger partial charge in [-0.1, -0.05) is 11.6 Å². The predicted octanol–water partition coefficient (Wildman–Crippen LogP) is 2.37. The molecule has 6 nitrogen and oxygen atoms in total. The summed E-state index contributed by atoms with van der Waals surface area (Å²) in [5.74, 6) is -0.0264. The third-order valence-corrected chi connectivity index (χ3v) is 5.41. The van der Waals surface area contributed by atoms with E-state index in [-0.39, 0.29) is 10.7 Å². The molecule has 0 unspecified atom stereocenters. The van der Waals surface area contributed by atoms with E-state index >= 15 is 0 Å². The molecule has 0 saturated carbocycles. The molecule has 1 aromatic heterocycles. The van der Waals surface area contributed by atoms with E-state index in [0.29, 0.717) is 20.0 Å². The molecule has 0 bridgehead atoms. The number of nitrogens with one attached hydrogen (secondary N) is 1. The van der Waals surface area contributed by atoms with Gasteiger partial charge in [0, 0.05) is 15.6 Å². The van der Waals surface area contributed by atoms with Crippen molar-refractivity contribution in [2.24, 2.45) is 7.05 Å². The highest BCUT2D eigenvalue weighted by atomic mass is 127. The maximum absolute atomic E-state index is 12.4. The molecule has 2 rings (SSSR count). The van der Waals surface area contributed by atoms with Gasteiger partial charge in [-0.15, -0.1) is 0 Å². The van der Waals surface area contributed by atoms with Crippen molar-refractivity contribution in [3.8, 4) is 0 Å². The summed E-state index contributed by atoms with van der Waals surface area (Å²) in [5.41, 5.74) is 6.58. The zero-order chi connectivity index (χ0) is 15.1. The van der Waals surface area contributed by atoms with E-state index in [0.717, 1.165) is 0 Å². The van der Waals surface area contributed by atoms with Crippen LogP contribution in [-0.4, -0.2) is 18.2 Å². The highest BCUT2D eigenvalue weighted by Gasteiger charge is 2.25. The summed E-state index contributed by atoms with van der Waals surface area (Å²) in [6.07, 6.45) is 0. The number of benzene rings is 1. The molecule has 108 valence electrons. The van der Waals surface area contributed by atoms with E-state index in [1.165, 1.54) is 4.68 Å². The van der Waals surface area contributed by atoms with Gasteiger partial charge >= 0.3 is 0 Å². The molecule has 0 amide bonds. The van der Waals surface area contributed by atoms with E-state index in [2.05, 4.69) is 9.82 Å². The Kier molecular flexibility index (Phi) is 4.17. The van der Waals surface area contributed by atoms with Gasteiger partial charge in [-0.3, -0.25) is 9.40 Å². The van der Waals surface area contributed by atoms with Crippen LogP contribution < -0.4 is 10.5 Å². The van der Waals surface area contributed by atoms with E-state index in [4.69, 9.17) is 17.3 Å². The summed E-state index contributed by atoms with van der Waals surface area (Å²) in [7, 11) is -2.16. The lowest BCUT2D eigenvalue weighted by molar-refractivity contribution is 0.600. The molecule has 0 aliphatic heterocycles. The van der Waals surface area contributed by atoms with Gasteiger partial charge in [0.25, 0.3) is 10.0 Å². The Morgan fingerprint density at radius 3 is 2.60 bits per heavy atom. The number of aromatic nitrogens is 2. The Bertz CT molecular complexity index is 773. The van der Waals surface area contributed by atoms with E-state index < -0.39 is 10.0 Å². The van der Waals surface area contributed by atoms with Gasteiger partial charge in [-0.25, -0.2) is 8.42 Å². The van der Waals surface area contributed by atoms with Crippen LogP contribution in [0.15, 0.2) is 23.1 Å². The molecule has 0 atom stereocenters. The number of nitrogens with zero attached hydrogens (tertiary/aromatic N) is 2. The third-order valence-electron chi connectivity index (χ3n) is 2.75. The van der Waals surface area contributed by atoms with Gasteiger partial charge in [-0.05, 0) is 47.7 Å². The van der Waals surface area contributed by atoms with Crippen LogP contribution in [0.2, 0.25) is 5.02 Å². The summed E-state index contributed by atoms with van der Waals surface area (Å²) in [6, 6.07) is 4.88. The molecule has 0 aliphatic rings. The van der Waals surface area contributed by atoms with Gasteiger partial charge in [0.1, 0.15) is 0 Å². The second kappa shape index (κ2) is 5.41. The van der Waals surface area contributed by atoms with Crippen LogP contribution in [-0.2, 0) is 17.1 Å². The second-order valence-corrected chi connectivity index (χ2v) is 7.37. The Balaban J connectivity index is 2.46. The highest BCUT2D eigenvalue weighted by molar-refractivity contribution is 14.1. The topological polar surface area (TPSA) is 90.0 Å². The lowest BCUT2D eigenvalue weighted by atomic mass is 10.3. The van der Waals surface area contributed by atoms with Crippen LogP contribution in [0, 0.1) is 10.5 Å². The number of hydrogen-bond donors (Lipinski definition) is 2. The number of nitrogens with two attached hydrogens (primary N) is 1. The Morgan fingerprint density at radius 1 is 1.45 bits per heavy atom. The van der Waals surface area contributed by atoms with Crippen LogP contribution >= 0.6 is 34.2 Å². The molecular formula is C11H12ClIN4O2S. The first-order chi connectivity index (χ1) is 9.22. The van der Waals surface area contributed by atoms with Crippen molar-refractivity contribution in [2.45, 2.75) is 11.8 Å². The monoisotopic (exact) mass is 426 g/mol. The van der Waals surface area contributed by atoms with E-state index in [1.54, 1.807) is 32.2 Å². The zero-order valence-corrected chi connectivity index (χ0v) is 14.4. The minimum absolute atomic E-state index is 0.00856. The molecule has 0 fully saturated rings. The number of sulfonamides is 1. The van der Waals surface area contributed by atoms with Crippen molar-refractivity contribution in [3.63, 3.8) is 0 Å². The first-order valence-corrected chi connectivity index (χ1v) is 8.43. The van der Waals surface area contributed by atoms with E-state index in [9.17, 15) is 8.42 Å². The lowest BCUT2D eigenvalue weighted by Gasteiger charge is -2.10. The molecule has 20 heavy (non-hydrogen) atoms. The predicted molar refractivity (Wildman–Crippen MR) is 87.3 cm³/mol. The standard InChI is InChI=1S/C11H12ClIN4O2S/c1-6-10(11(14)15-17(6)2)20(18,19)16-9-4-3-7(12)5-8(9)13/h3-5,16H,1-2H3,(H2,14,15). The minimum atomic E-state index is -3.80. The fraction of sp³-hybridized carbons (Fsp3) is 0.182. The maximum Gasteiger partial charge on any atom is 0.267 e.